The zero-order valence-corrected chi connectivity index (χ0v) is 66.3. The number of H-pyrrole nitrogens is 8. The molecule has 36 heteroatoms. The van der Waals surface area contributed by atoms with Gasteiger partial charge in [0.05, 0.1) is 138 Å². The van der Waals surface area contributed by atoms with Crippen LogP contribution in [0.2, 0.25) is 0 Å². The molecular weight excluding hydrogens is 1570 g/mol. The van der Waals surface area contributed by atoms with Gasteiger partial charge in [-0.15, -0.1) is 0 Å². The van der Waals surface area contributed by atoms with Gasteiger partial charge in [-0.25, -0.2) is 39.9 Å². The van der Waals surface area contributed by atoms with Crippen LogP contribution in [-0.2, 0) is 19.2 Å². The first-order valence-corrected chi connectivity index (χ1v) is 40.6. The molecule has 4 amide bonds. The Morgan fingerprint density at radius 3 is 0.879 bits per heavy atom. The third-order valence-corrected chi connectivity index (χ3v) is 22.0. The number of rotatable bonds is 18. The van der Waals surface area contributed by atoms with E-state index in [9.17, 15) is 19.2 Å². The first-order chi connectivity index (χ1) is 60.9. The quantitative estimate of drug-likeness (QED) is 0.0379. The number of amides is 4. The number of fused-ring (bicyclic) bond motifs is 8. The summed E-state index contributed by atoms with van der Waals surface area (Å²) in [5.41, 5.74) is 21.8. The Bertz CT molecular complexity index is 7290. The Hall–Kier alpha value is -16.6. The number of aromatic amines is 8. The van der Waals surface area contributed by atoms with E-state index in [0.29, 0.717) is 75.1 Å². The van der Waals surface area contributed by atoms with Crippen LogP contribution in [0.4, 0.5) is 22.7 Å². The smallest absolute Gasteiger partial charge is 0.227 e. The maximum absolute atomic E-state index is 12.5. The minimum absolute atomic E-state index is 0.00845. The number of nitrogens with one attached hydrogen (secondary N) is 12. The summed E-state index contributed by atoms with van der Waals surface area (Å²) >= 11 is 0. The lowest BCUT2D eigenvalue weighted by molar-refractivity contribution is -0.122. The van der Waals surface area contributed by atoms with Gasteiger partial charge in [-0.1, -0.05) is 32.6 Å². The number of imidazole rings is 4. The van der Waals surface area contributed by atoms with E-state index in [1.54, 1.807) is 124 Å². The van der Waals surface area contributed by atoms with Crippen molar-refractivity contribution < 1.29 is 19.2 Å². The lowest BCUT2D eigenvalue weighted by Gasteiger charge is -2.24. The van der Waals surface area contributed by atoms with Gasteiger partial charge in [0, 0.05) is 143 Å². The molecule has 0 radical (unpaired) electrons. The Balaban J connectivity index is 0.000000105. The third-order valence-electron chi connectivity index (χ3n) is 22.0. The van der Waals surface area contributed by atoms with Gasteiger partial charge in [0.25, 0.3) is 0 Å². The monoisotopic (exact) mass is 1640 g/mol. The molecule has 610 valence electrons. The Morgan fingerprint density at radius 1 is 0.323 bits per heavy atom. The standard InChI is InChI=1S/C23H20N8O.C22H18N8O.C22H20N8O.C21H16N8O/c32-23(13-3-1-2-4-13)27-16-7-14(9-25-11-16)15-8-17-20(30-31-21(17)26-10-15)22-28-18-5-6-24-12-19(18)29-22;31-22(12-2-1-3-12)26-15-6-13(8-24-10-15)14-7-16-19(29-30-20(16)25-9-14)21-27-17-4-5-23-11-18(17)28-21;1-2-3-4-19(31)26-15-7-13(9-24-11-15)14-8-16-20(29-30-21(16)25-10-14)22-27-17-5-6-23-12-18(17)28-22;30-21(11-1-2-11)25-14-5-12(7-23-9-14)13-6-15-18(28-29-19(15)24-8-13)20-26-16-3-4-22-10-17(16)27-20/h5-13H,1-4H2,(H,27,32)(H,28,29)(H,26,30,31);4-12H,1-3H2,(H,26,31)(H,27,28)(H,25,29,30);5-12H,2-4H2,1H3,(H,26,31)(H,27,28)(H,25,29,30);3-11H,1-2H2,(H,25,30)(H,26,27)(H,24,28,29). The molecule has 36 nitrogen and oxygen atoms in total. The molecular formula is C88H74N32O4. The molecule has 23 rings (SSSR count). The summed E-state index contributed by atoms with van der Waals surface area (Å²) in [5, 5.41) is 44.6. The summed E-state index contributed by atoms with van der Waals surface area (Å²) < 4.78 is 0. The Kier molecular flexibility index (Phi) is 20.5. The van der Waals surface area contributed by atoms with E-state index in [1.807, 2.05) is 72.8 Å². The molecule has 124 heavy (non-hydrogen) atoms. The number of aromatic nitrogens is 28. The summed E-state index contributed by atoms with van der Waals surface area (Å²) in [6, 6.07) is 23.1. The molecule has 3 aliphatic rings. The molecule has 0 aromatic carbocycles. The molecule has 0 bridgehead atoms. The van der Waals surface area contributed by atoms with Crippen LogP contribution in [0.3, 0.4) is 0 Å². The SMILES string of the molecule is CCCCC(=O)Nc1cncc(-c2cnc3n[nH]c(-c4nc5ccncc5[nH]4)c3c2)c1.O=C(Nc1cncc(-c2cnc3n[nH]c(-c4nc5ccncc5[nH]4)c3c2)c1)C1CC1.O=C(Nc1cncc(-c2cnc3n[nH]c(-c4nc5ccncc5[nH]4)c3c2)c1)C1CCC1.O=C(Nc1cncc(-c2cnc3n[nH]c(-c4nc5ccncc5[nH]4)c3c2)c1)C1CCCC1. The Labute approximate surface area is 701 Å². The first kappa shape index (κ1) is 76.1. The number of unbranched alkanes of at least 4 members (excludes halogenated alkanes) is 1. The van der Waals surface area contributed by atoms with E-state index in [-0.39, 0.29) is 41.4 Å². The predicted octanol–water partition coefficient (Wildman–Crippen LogP) is 15.2. The molecule has 3 saturated carbocycles. The normalized spacial score (nSPS) is 13.4. The molecule has 20 heterocycles. The molecule has 0 spiro atoms. The summed E-state index contributed by atoms with van der Waals surface area (Å²) in [6.07, 6.45) is 45.9. The largest absolute Gasteiger partial charge is 0.335 e. The molecule has 0 aliphatic heterocycles. The van der Waals surface area contributed by atoms with Gasteiger partial charge in [-0.2, -0.15) is 20.4 Å². The predicted molar refractivity (Wildman–Crippen MR) is 466 cm³/mol. The lowest BCUT2D eigenvalue weighted by Crippen LogP contribution is -2.28. The van der Waals surface area contributed by atoms with Crippen molar-refractivity contribution >= 4 is 135 Å². The summed E-state index contributed by atoms with van der Waals surface area (Å²) in [7, 11) is 0. The first-order valence-electron chi connectivity index (χ1n) is 40.6. The molecule has 20 aromatic rings. The van der Waals surface area contributed by atoms with Crippen LogP contribution in [0.25, 0.3) is 179 Å². The number of hydrogen-bond donors (Lipinski definition) is 12. The number of anilines is 4. The minimum atomic E-state index is -0.00845. The van der Waals surface area contributed by atoms with E-state index in [4.69, 9.17) is 0 Å². The van der Waals surface area contributed by atoms with Gasteiger partial charge < -0.3 is 41.2 Å². The van der Waals surface area contributed by atoms with Gasteiger partial charge in [-0.05, 0) is 118 Å². The average molecular weight is 1640 g/mol. The molecule has 0 atom stereocenters. The van der Waals surface area contributed by atoms with Crippen LogP contribution in [0.15, 0.2) is 197 Å². The van der Waals surface area contributed by atoms with Crippen LogP contribution >= 0.6 is 0 Å². The van der Waals surface area contributed by atoms with Crippen molar-refractivity contribution in [3.63, 3.8) is 0 Å². The highest BCUT2D eigenvalue weighted by molar-refractivity contribution is 6.01. The second kappa shape index (κ2) is 33.3. The van der Waals surface area contributed by atoms with Crippen molar-refractivity contribution in [1.82, 2.24) is 140 Å². The fourth-order valence-corrected chi connectivity index (χ4v) is 15.0. The highest BCUT2D eigenvalue weighted by Crippen LogP contribution is 2.38. The van der Waals surface area contributed by atoms with Crippen LogP contribution < -0.4 is 21.3 Å². The van der Waals surface area contributed by atoms with Gasteiger partial charge >= 0.3 is 0 Å². The maximum atomic E-state index is 12.5. The van der Waals surface area contributed by atoms with Crippen molar-refractivity contribution in [2.75, 3.05) is 21.3 Å². The molecule has 20 aromatic heterocycles. The highest BCUT2D eigenvalue weighted by atomic mass is 16.2. The number of hydrogen-bond acceptors (Lipinski definition) is 24. The third kappa shape index (κ3) is 16.1. The van der Waals surface area contributed by atoms with Crippen molar-refractivity contribution in [1.29, 1.82) is 0 Å². The molecule has 0 saturated heterocycles. The topological polar surface area (TPSA) is 501 Å². The van der Waals surface area contributed by atoms with E-state index in [2.05, 4.69) is 169 Å². The van der Waals surface area contributed by atoms with E-state index < -0.39 is 0 Å². The van der Waals surface area contributed by atoms with Gasteiger partial charge in [0.15, 0.2) is 45.9 Å². The number of carbonyl (C=O) groups excluding carboxylic acids is 4. The second-order valence-electron chi connectivity index (χ2n) is 30.5. The Morgan fingerprint density at radius 2 is 0.605 bits per heavy atom. The number of carbonyl (C=O) groups is 4. The van der Waals surface area contributed by atoms with Crippen LogP contribution in [-0.4, -0.2) is 164 Å². The molecule has 3 aliphatic carbocycles. The summed E-state index contributed by atoms with van der Waals surface area (Å²) in [4.78, 5) is 132. The molecule has 12 N–H and O–H groups in total. The van der Waals surface area contributed by atoms with Crippen molar-refractivity contribution in [3.8, 4) is 90.6 Å². The number of pyridine rings is 12. The zero-order chi connectivity index (χ0) is 83.6. The van der Waals surface area contributed by atoms with Crippen LogP contribution in [0.1, 0.15) is 84.0 Å². The number of nitrogens with zero attached hydrogens (tertiary/aromatic N) is 20. The zero-order valence-electron chi connectivity index (χ0n) is 66.3. The summed E-state index contributed by atoms with van der Waals surface area (Å²) in [5.74, 6) is 3.22. The van der Waals surface area contributed by atoms with Crippen molar-refractivity contribution in [2.45, 2.75) is 84.0 Å². The molecule has 0 unspecified atom stereocenters. The lowest BCUT2D eigenvalue weighted by atomic mass is 9.85. The molecule has 3 fully saturated rings. The van der Waals surface area contributed by atoms with Crippen LogP contribution in [0.5, 0.6) is 0 Å². The van der Waals surface area contributed by atoms with Crippen molar-refractivity contribution in [2.24, 2.45) is 17.8 Å². The van der Waals surface area contributed by atoms with Gasteiger partial charge in [0.1, 0.15) is 22.8 Å². The fourth-order valence-electron chi connectivity index (χ4n) is 15.0. The summed E-state index contributed by atoms with van der Waals surface area (Å²) in [6.45, 7) is 2.06. The van der Waals surface area contributed by atoms with E-state index in [0.717, 1.165) is 204 Å². The van der Waals surface area contributed by atoms with Gasteiger partial charge in [0.2, 0.25) is 23.6 Å². The minimum Gasteiger partial charge on any atom is -0.335 e. The van der Waals surface area contributed by atoms with E-state index in [1.165, 1.54) is 0 Å². The van der Waals surface area contributed by atoms with E-state index >= 15 is 0 Å². The average Bonchev–Trinajstić information content (AvgIpc) is 1.64. The van der Waals surface area contributed by atoms with Gasteiger partial charge in [-0.3, -0.25) is 79.4 Å². The van der Waals surface area contributed by atoms with Crippen molar-refractivity contribution in [3.05, 3.63) is 197 Å². The van der Waals surface area contributed by atoms with Crippen LogP contribution in [0, 0.1) is 17.8 Å². The fraction of sp³-hybridized carbons (Fsp3) is 0.182. The maximum Gasteiger partial charge on any atom is 0.227 e. The second-order valence-corrected chi connectivity index (χ2v) is 30.5. The highest BCUT2D eigenvalue weighted by Gasteiger charge is 2.31.